The van der Waals surface area contributed by atoms with Gasteiger partial charge in [-0.1, -0.05) is 37.3 Å². The van der Waals surface area contributed by atoms with Gasteiger partial charge in [0.15, 0.2) is 0 Å². The number of benzene rings is 3. The van der Waals surface area contributed by atoms with Crippen LogP contribution in [-0.4, -0.2) is 34.7 Å². The molecular weight excluding hydrogens is 518 g/mol. The van der Waals surface area contributed by atoms with Gasteiger partial charge in [0.25, 0.3) is 0 Å². The van der Waals surface area contributed by atoms with Gasteiger partial charge in [0.05, 0.1) is 17.5 Å². The van der Waals surface area contributed by atoms with E-state index in [4.69, 9.17) is 0 Å². The molecule has 7 rings (SSSR count). The van der Waals surface area contributed by atoms with Crippen LogP contribution in [0.2, 0.25) is 0 Å². The number of aromatic nitrogens is 1. The lowest BCUT2D eigenvalue weighted by molar-refractivity contribution is -0.130. The fourth-order valence-electron chi connectivity index (χ4n) is 6.93. The number of para-hydroxylation sites is 1. The topological polar surface area (TPSA) is 123 Å². The van der Waals surface area contributed by atoms with Crippen molar-refractivity contribution < 1.29 is 19.2 Å². The molecule has 0 radical (unpaired) electrons. The van der Waals surface area contributed by atoms with E-state index in [0.29, 0.717) is 29.0 Å². The lowest BCUT2D eigenvalue weighted by atomic mass is 9.76. The Labute approximate surface area is 236 Å². The molecule has 0 bridgehead atoms. The van der Waals surface area contributed by atoms with Crippen LogP contribution >= 0.6 is 0 Å². The smallest absolute Gasteiger partial charge is 0.250 e. The van der Waals surface area contributed by atoms with E-state index in [0.717, 1.165) is 28.5 Å². The summed E-state index contributed by atoms with van der Waals surface area (Å²) in [5, 5.41) is 10.3. The van der Waals surface area contributed by atoms with Crippen LogP contribution in [0.3, 0.4) is 0 Å². The van der Waals surface area contributed by atoms with E-state index >= 15 is 0 Å². The molecule has 9 heteroatoms. The molecular formula is C32H29N5O4. The van der Waals surface area contributed by atoms with Crippen molar-refractivity contribution in [1.29, 1.82) is 0 Å². The number of amides is 4. The molecule has 3 aliphatic heterocycles. The Bertz CT molecular complexity index is 1760. The predicted molar refractivity (Wildman–Crippen MR) is 155 cm³/mol. The molecule has 1 aromatic heterocycles. The second-order valence-corrected chi connectivity index (χ2v) is 11.1. The zero-order valence-electron chi connectivity index (χ0n) is 22.7. The quantitative estimate of drug-likeness (QED) is 0.283. The Morgan fingerprint density at radius 2 is 1.78 bits per heavy atom. The van der Waals surface area contributed by atoms with Gasteiger partial charge in [-0.3, -0.25) is 24.5 Å². The number of nitrogens with one attached hydrogen (secondary N) is 4. The highest BCUT2D eigenvalue weighted by atomic mass is 16.2. The summed E-state index contributed by atoms with van der Waals surface area (Å²) in [7, 11) is 0. The second-order valence-electron chi connectivity index (χ2n) is 11.1. The zero-order valence-corrected chi connectivity index (χ0v) is 22.7. The monoisotopic (exact) mass is 547 g/mol. The Morgan fingerprint density at radius 1 is 1.00 bits per heavy atom. The number of anilines is 3. The number of H-pyrrole nitrogens is 1. The van der Waals surface area contributed by atoms with Gasteiger partial charge in [0.1, 0.15) is 5.54 Å². The van der Waals surface area contributed by atoms with Crippen molar-refractivity contribution in [3.63, 3.8) is 0 Å². The average molecular weight is 548 g/mol. The number of aryl methyl sites for hydroxylation is 1. The van der Waals surface area contributed by atoms with Gasteiger partial charge < -0.3 is 15.6 Å². The Balaban J connectivity index is 1.34. The number of rotatable bonds is 5. The predicted octanol–water partition coefficient (Wildman–Crippen LogP) is 3.86. The van der Waals surface area contributed by atoms with Gasteiger partial charge in [-0.2, -0.15) is 0 Å². The van der Waals surface area contributed by atoms with E-state index in [1.54, 1.807) is 24.3 Å². The minimum absolute atomic E-state index is 0.217. The maximum atomic E-state index is 14.3. The summed E-state index contributed by atoms with van der Waals surface area (Å²) in [5.74, 6) is -2.96. The van der Waals surface area contributed by atoms with E-state index in [1.807, 2.05) is 55.6 Å². The molecule has 4 atom stereocenters. The molecule has 1 spiro atoms. The van der Waals surface area contributed by atoms with Gasteiger partial charge in [0.2, 0.25) is 23.6 Å². The van der Waals surface area contributed by atoms with E-state index in [-0.39, 0.29) is 17.7 Å². The summed E-state index contributed by atoms with van der Waals surface area (Å²) in [6.07, 6.45) is 3.16. The molecule has 41 heavy (non-hydrogen) atoms. The number of carbonyl (C=O) groups excluding carboxylic acids is 4. The summed E-state index contributed by atoms with van der Waals surface area (Å²) in [6, 6.07) is 19.9. The third-order valence-electron chi connectivity index (χ3n) is 8.75. The number of hydrogen-bond donors (Lipinski definition) is 4. The third kappa shape index (κ3) is 3.65. The first-order valence-electron chi connectivity index (χ1n) is 13.8. The van der Waals surface area contributed by atoms with Crippen molar-refractivity contribution >= 4 is 51.6 Å². The van der Waals surface area contributed by atoms with E-state index in [2.05, 4.69) is 20.9 Å². The van der Waals surface area contributed by atoms with Gasteiger partial charge in [0, 0.05) is 47.0 Å². The molecule has 4 heterocycles. The molecule has 4 N–H and O–H groups in total. The fourth-order valence-corrected chi connectivity index (χ4v) is 6.93. The van der Waals surface area contributed by atoms with Crippen LogP contribution in [0.1, 0.15) is 30.5 Å². The fraction of sp³-hybridized carbons (Fsp3) is 0.250. The van der Waals surface area contributed by atoms with Crippen LogP contribution in [0.15, 0.2) is 72.9 Å². The van der Waals surface area contributed by atoms with Gasteiger partial charge in [-0.05, 0) is 60.4 Å². The summed E-state index contributed by atoms with van der Waals surface area (Å²) in [5.41, 5.74) is 4.00. The van der Waals surface area contributed by atoms with Crippen LogP contribution in [0.5, 0.6) is 0 Å². The lowest BCUT2D eigenvalue weighted by Gasteiger charge is -2.30. The highest BCUT2D eigenvalue weighted by Gasteiger charge is 2.70. The summed E-state index contributed by atoms with van der Waals surface area (Å²) >= 11 is 0. The number of fused-ring (bicyclic) bond motifs is 5. The van der Waals surface area contributed by atoms with Gasteiger partial charge >= 0.3 is 0 Å². The minimum Gasteiger partial charge on any atom is -0.361 e. The van der Waals surface area contributed by atoms with Crippen molar-refractivity contribution in [2.75, 3.05) is 15.5 Å². The molecule has 9 nitrogen and oxygen atoms in total. The summed E-state index contributed by atoms with van der Waals surface area (Å²) in [4.78, 5) is 58.4. The summed E-state index contributed by atoms with van der Waals surface area (Å²) < 4.78 is 0. The molecule has 3 aromatic carbocycles. The molecule has 0 unspecified atom stereocenters. The molecule has 2 fully saturated rings. The molecule has 2 saturated heterocycles. The first kappa shape index (κ1) is 25.2. The van der Waals surface area contributed by atoms with Crippen LogP contribution < -0.4 is 20.9 Å². The Hall–Kier alpha value is -4.76. The van der Waals surface area contributed by atoms with Crippen LogP contribution in [0.4, 0.5) is 17.1 Å². The van der Waals surface area contributed by atoms with Crippen LogP contribution in [-0.2, 0) is 37.6 Å². The van der Waals surface area contributed by atoms with Crippen molar-refractivity contribution in [1.82, 2.24) is 10.3 Å². The molecule has 0 aliphatic carbocycles. The molecule has 4 amide bonds. The highest BCUT2D eigenvalue weighted by molar-refractivity contribution is 6.26. The molecule has 3 aliphatic rings. The van der Waals surface area contributed by atoms with Crippen molar-refractivity contribution in [2.45, 2.75) is 38.3 Å². The maximum Gasteiger partial charge on any atom is 0.250 e. The number of carbonyl (C=O) groups is 4. The minimum atomic E-state index is -1.38. The van der Waals surface area contributed by atoms with E-state index < -0.39 is 29.3 Å². The normalized spacial score (nSPS) is 24.7. The SMILES string of the molecule is CCc1ccc2c(c1)[C@]1(N[C@H](Cc3c[nH]c4ccccc34)[C@@H]3C(=O)N(c4ccc(NC(C)=O)cc4)C(=O)[C@@H]31)C(=O)N2. The largest absolute Gasteiger partial charge is 0.361 e. The molecule has 0 saturated carbocycles. The highest BCUT2D eigenvalue weighted by Crippen LogP contribution is 2.54. The number of imide groups is 1. The van der Waals surface area contributed by atoms with E-state index in [9.17, 15) is 19.2 Å². The number of aromatic amines is 1. The van der Waals surface area contributed by atoms with Crippen LogP contribution in [0.25, 0.3) is 10.9 Å². The third-order valence-corrected chi connectivity index (χ3v) is 8.75. The Kier molecular flexibility index (Phi) is 5.62. The maximum absolute atomic E-state index is 14.3. The average Bonchev–Trinajstić information content (AvgIpc) is 3.67. The first-order chi connectivity index (χ1) is 19.8. The number of nitrogens with zero attached hydrogens (tertiary/aromatic N) is 1. The van der Waals surface area contributed by atoms with Crippen LogP contribution in [0, 0.1) is 11.8 Å². The first-order valence-corrected chi connectivity index (χ1v) is 13.8. The van der Waals surface area contributed by atoms with Crippen molar-refractivity contribution in [2.24, 2.45) is 11.8 Å². The second kappa shape index (κ2) is 9.14. The summed E-state index contributed by atoms with van der Waals surface area (Å²) in [6.45, 7) is 3.46. The van der Waals surface area contributed by atoms with Gasteiger partial charge in [-0.15, -0.1) is 0 Å². The molecule has 206 valence electrons. The van der Waals surface area contributed by atoms with Gasteiger partial charge in [-0.25, -0.2) is 4.90 Å². The van der Waals surface area contributed by atoms with Crippen molar-refractivity contribution in [3.05, 3.63) is 89.6 Å². The lowest BCUT2D eigenvalue weighted by Crippen LogP contribution is -2.53. The standard InChI is InChI=1S/C32H29N5O4/c1-3-18-8-13-25-23(14-18)32(31(41)35-25)28-27(26(36-32)15-19-16-33-24-7-5-4-6-22(19)24)29(39)37(30(28)40)21-11-9-20(10-12-21)34-17(2)38/h4-14,16,26-28,33,36H,3,15H2,1-2H3,(H,34,38)(H,35,41)/t26-,27+,28-,32-/m1/s1. The number of hydrogen-bond acceptors (Lipinski definition) is 5. The zero-order chi connectivity index (χ0) is 28.5. The van der Waals surface area contributed by atoms with E-state index in [1.165, 1.54) is 11.8 Å². The Morgan fingerprint density at radius 3 is 2.54 bits per heavy atom. The van der Waals surface area contributed by atoms with Crippen molar-refractivity contribution in [3.8, 4) is 0 Å². The molecule has 4 aromatic rings.